The predicted molar refractivity (Wildman–Crippen MR) is 95.5 cm³/mol. The Morgan fingerprint density at radius 1 is 1.20 bits per heavy atom. The quantitative estimate of drug-likeness (QED) is 0.879. The summed E-state index contributed by atoms with van der Waals surface area (Å²) in [7, 11) is 0. The summed E-state index contributed by atoms with van der Waals surface area (Å²) in [6.07, 6.45) is 0.460. The molecule has 5 heteroatoms. The van der Waals surface area contributed by atoms with Crippen LogP contribution in [-0.4, -0.2) is 23.5 Å². The van der Waals surface area contributed by atoms with Crippen LogP contribution in [0.5, 0.6) is 0 Å². The first-order valence-corrected chi connectivity index (χ1v) is 8.17. The molecular weight excluding hydrogens is 316 g/mol. The van der Waals surface area contributed by atoms with E-state index in [2.05, 4.69) is 0 Å². The molecule has 0 radical (unpaired) electrons. The number of rotatable bonds is 5. The van der Waals surface area contributed by atoms with E-state index in [4.69, 9.17) is 5.41 Å². The molecule has 0 amide bonds. The van der Waals surface area contributed by atoms with E-state index in [1.807, 2.05) is 30.3 Å². The number of aliphatic hydroxyl groups excluding tert-OH is 1. The summed E-state index contributed by atoms with van der Waals surface area (Å²) in [6, 6.07) is 16.4. The minimum absolute atomic E-state index is 0.154. The molecule has 0 saturated heterocycles. The summed E-state index contributed by atoms with van der Waals surface area (Å²) in [5.74, 6) is -1.35. The Hall–Kier alpha value is -3.08. The van der Waals surface area contributed by atoms with Gasteiger partial charge < -0.3 is 19.9 Å². The van der Waals surface area contributed by atoms with Crippen molar-refractivity contribution in [1.82, 2.24) is 0 Å². The summed E-state index contributed by atoms with van der Waals surface area (Å²) >= 11 is 0. The third-order valence-electron chi connectivity index (χ3n) is 4.47. The lowest BCUT2D eigenvalue weighted by molar-refractivity contribution is -0.308. The van der Waals surface area contributed by atoms with Crippen molar-refractivity contribution < 1.29 is 15.0 Å². The van der Waals surface area contributed by atoms with Gasteiger partial charge in [0.2, 0.25) is 0 Å². The van der Waals surface area contributed by atoms with Crippen LogP contribution in [-0.2, 0) is 4.79 Å². The summed E-state index contributed by atoms with van der Waals surface area (Å²) < 4.78 is 0. The first kappa shape index (κ1) is 16.8. The number of hydrogen-bond acceptors (Lipinski definition) is 4. The summed E-state index contributed by atoms with van der Waals surface area (Å²) in [5.41, 5.74) is 2.73. The maximum Gasteiger partial charge on any atom is 0.137 e. The lowest BCUT2D eigenvalue weighted by Crippen LogP contribution is -2.29. The van der Waals surface area contributed by atoms with Gasteiger partial charge in [-0.25, -0.2) is 0 Å². The number of amidine groups is 1. The van der Waals surface area contributed by atoms with E-state index in [0.29, 0.717) is 17.6 Å². The van der Waals surface area contributed by atoms with Crippen LogP contribution in [0.1, 0.15) is 30.4 Å². The van der Waals surface area contributed by atoms with E-state index in [-0.39, 0.29) is 18.1 Å². The van der Waals surface area contributed by atoms with Gasteiger partial charge in [0.1, 0.15) is 11.6 Å². The van der Waals surface area contributed by atoms with Crippen molar-refractivity contribution in [3.05, 3.63) is 71.5 Å². The van der Waals surface area contributed by atoms with Crippen LogP contribution in [0.25, 0.3) is 5.57 Å². The predicted octanol–water partition coefficient (Wildman–Crippen LogP) is 2.70. The molecule has 0 aromatic heterocycles. The maximum absolute atomic E-state index is 11.2. The van der Waals surface area contributed by atoms with E-state index >= 15 is 0 Å². The van der Waals surface area contributed by atoms with Crippen molar-refractivity contribution in [1.29, 1.82) is 5.41 Å². The molecule has 2 aromatic carbocycles. The number of carbonyl (C=O) groups is 1. The average Bonchev–Trinajstić information content (AvgIpc) is 2.91. The van der Waals surface area contributed by atoms with Gasteiger partial charge in [-0.1, -0.05) is 49.4 Å². The van der Waals surface area contributed by atoms with Crippen molar-refractivity contribution in [3.63, 3.8) is 0 Å². The van der Waals surface area contributed by atoms with Gasteiger partial charge in [-0.05, 0) is 29.7 Å². The number of nitrogens with one attached hydrogen (secondary N) is 1. The second-order valence-corrected chi connectivity index (χ2v) is 5.99. The molecule has 0 spiro atoms. The van der Waals surface area contributed by atoms with E-state index in [1.54, 1.807) is 36.1 Å². The van der Waals surface area contributed by atoms with Crippen molar-refractivity contribution in [2.75, 3.05) is 11.4 Å². The van der Waals surface area contributed by atoms with Crippen molar-refractivity contribution in [2.24, 2.45) is 0 Å². The smallest absolute Gasteiger partial charge is 0.137 e. The number of aliphatic carboxylic acids is 1. The lowest BCUT2D eigenvalue weighted by atomic mass is 9.96. The van der Waals surface area contributed by atoms with Crippen molar-refractivity contribution >= 4 is 23.1 Å². The molecule has 1 aliphatic heterocycles. The minimum atomic E-state index is -1.09. The SMILES string of the molecule is CC[C@@H](C(=O)[O-])c1ccc(N2CC(O)=C(c3ccccc3)C2=N)cc1. The van der Waals surface area contributed by atoms with Crippen LogP contribution in [0, 0.1) is 5.41 Å². The van der Waals surface area contributed by atoms with Gasteiger partial charge in [-0.3, -0.25) is 5.41 Å². The number of carboxylic acids is 1. The zero-order chi connectivity index (χ0) is 18.0. The van der Waals surface area contributed by atoms with E-state index in [0.717, 1.165) is 11.3 Å². The van der Waals surface area contributed by atoms with E-state index in [1.165, 1.54) is 0 Å². The van der Waals surface area contributed by atoms with Crippen LogP contribution in [0.2, 0.25) is 0 Å². The largest absolute Gasteiger partial charge is 0.549 e. The number of benzene rings is 2. The highest BCUT2D eigenvalue weighted by molar-refractivity contribution is 6.30. The van der Waals surface area contributed by atoms with E-state index < -0.39 is 11.9 Å². The molecule has 0 aliphatic carbocycles. The molecule has 0 saturated carbocycles. The Labute approximate surface area is 146 Å². The molecule has 1 atom stereocenters. The highest BCUT2D eigenvalue weighted by Gasteiger charge is 2.29. The molecule has 0 fully saturated rings. The van der Waals surface area contributed by atoms with Crippen LogP contribution in [0.3, 0.4) is 0 Å². The molecule has 128 valence electrons. The molecule has 3 rings (SSSR count). The lowest BCUT2D eigenvalue weighted by Gasteiger charge is -2.21. The molecular formula is C20H19N2O3-. The number of anilines is 1. The Morgan fingerprint density at radius 3 is 2.40 bits per heavy atom. The number of nitrogens with zero attached hydrogens (tertiary/aromatic N) is 1. The average molecular weight is 335 g/mol. The standard InChI is InChI=1S/C20H20N2O3/c1-2-16(20(24)25)13-8-10-15(11-9-13)22-12-17(23)18(19(22)21)14-6-4-3-5-7-14/h3-11,16,21,23H,2,12H2,1H3,(H,24,25)/p-1/t16-/m1/s1. The molecule has 0 unspecified atom stereocenters. The fraction of sp³-hybridized carbons (Fsp3) is 0.200. The second-order valence-electron chi connectivity index (χ2n) is 5.99. The van der Waals surface area contributed by atoms with Gasteiger partial charge in [0.25, 0.3) is 0 Å². The van der Waals surface area contributed by atoms with Gasteiger partial charge >= 0.3 is 0 Å². The fourth-order valence-corrected chi connectivity index (χ4v) is 3.13. The third kappa shape index (κ3) is 3.13. The zero-order valence-corrected chi connectivity index (χ0v) is 13.9. The zero-order valence-electron chi connectivity index (χ0n) is 13.9. The Balaban J connectivity index is 1.85. The first-order chi connectivity index (χ1) is 12.0. The van der Waals surface area contributed by atoms with Crippen LogP contribution in [0.15, 0.2) is 60.4 Å². The minimum Gasteiger partial charge on any atom is -0.549 e. The Morgan fingerprint density at radius 2 is 1.84 bits per heavy atom. The normalized spacial score (nSPS) is 15.6. The van der Waals surface area contributed by atoms with Crippen molar-refractivity contribution in [2.45, 2.75) is 19.3 Å². The van der Waals surface area contributed by atoms with E-state index in [9.17, 15) is 15.0 Å². The van der Waals surface area contributed by atoms with Crippen molar-refractivity contribution in [3.8, 4) is 0 Å². The molecule has 1 aliphatic rings. The fourth-order valence-electron chi connectivity index (χ4n) is 3.13. The topological polar surface area (TPSA) is 87.4 Å². The van der Waals surface area contributed by atoms with Crippen LogP contribution < -0.4 is 10.0 Å². The Kier molecular flexibility index (Phi) is 4.57. The Bertz CT molecular complexity index is 826. The molecule has 5 nitrogen and oxygen atoms in total. The summed E-state index contributed by atoms with van der Waals surface area (Å²) in [4.78, 5) is 12.9. The molecule has 1 heterocycles. The van der Waals surface area contributed by atoms with Crippen LogP contribution >= 0.6 is 0 Å². The maximum atomic E-state index is 11.2. The summed E-state index contributed by atoms with van der Waals surface area (Å²) in [5, 5.41) is 29.9. The van der Waals surface area contributed by atoms with Gasteiger partial charge in [0.15, 0.2) is 0 Å². The highest BCUT2D eigenvalue weighted by Crippen LogP contribution is 2.31. The van der Waals surface area contributed by atoms with Gasteiger partial charge in [-0.2, -0.15) is 0 Å². The number of hydrogen-bond donors (Lipinski definition) is 2. The molecule has 2 aromatic rings. The monoisotopic (exact) mass is 335 g/mol. The number of carbonyl (C=O) groups excluding carboxylic acids is 1. The van der Waals surface area contributed by atoms with Gasteiger partial charge in [0.05, 0.1) is 12.1 Å². The molecule has 25 heavy (non-hydrogen) atoms. The summed E-state index contributed by atoms with van der Waals surface area (Å²) in [6.45, 7) is 2.03. The van der Waals surface area contributed by atoms with Crippen LogP contribution in [0.4, 0.5) is 5.69 Å². The third-order valence-corrected chi connectivity index (χ3v) is 4.47. The number of carboxylic acid groups (broad SMARTS) is 1. The molecule has 2 N–H and O–H groups in total. The molecule has 0 bridgehead atoms. The highest BCUT2D eigenvalue weighted by atomic mass is 16.4. The van der Waals surface area contributed by atoms with Gasteiger partial charge in [-0.15, -0.1) is 0 Å². The second kappa shape index (κ2) is 6.81. The number of aliphatic hydroxyl groups is 1. The van der Waals surface area contributed by atoms with Gasteiger partial charge in [0, 0.05) is 17.6 Å². The first-order valence-electron chi connectivity index (χ1n) is 8.17.